The fourth-order valence-corrected chi connectivity index (χ4v) is 2.48. The average molecular weight is 361 g/mol. The van der Waals surface area contributed by atoms with Crippen LogP contribution in [-0.2, 0) is 6.18 Å². The summed E-state index contributed by atoms with van der Waals surface area (Å²) in [7, 11) is 0. The van der Waals surface area contributed by atoms with Crippen LogP contribution >= 0.6 is 0 Å². The first kappa shape index (κ1) is 17.6. The second kappa shape index (κ2) is 6.95. The summed E-state index contributed by atoms with van der Waals surface area (Å²) in [5, 5.41) is 13.5. The largest absolute Gasteiger partial charge is 0.416 e. The van der Waals surface area contributed by atoms with E-state index in [4.69, 9.17) is 0 Å². The van der Waals surface area contributed by atoms with E-state index in [1.807, 2.05) is 0 Å². The van der Waals surface area contributed by atoms with E-state index in [2.05, 4.69) is 20.8 Å². The van der Waals surface area contributed by atoms with Crippen LogP contribution in [0.15, 0.2) is 54.9 Å². The van der Waals surface area contributed by atoms with Crippen LogP contribution in [0, 0.1) is 0 Å². The summed E-state index contributed by atoms with van der Waals surface area (Å²) in [5.74, 6) is -0.444. The lowest BCUT2D eigenvalue weighted by Gasteiger charge is -2.17. The minimum Gasteiger partial charge on any atom is -0.345 e. The van der Waals surface area contributed by atoms with Gasteiger partial charge >= 0.3 is 6.18 Å². The number of carbonyl (C=O) groups is 1. The van der Waals surface area contributed by atoms with E-state index in [9.17, 15) is 18.0 Å². The lowest BCUT2D eigenvalue weighted by Crippen LogP contribution is -2.28. The Labute approximate surface area is 146 Å². The van der Waals surface area contributed by atoms with E-state index in [1.54, 1.807) is 31.2 Å². The molecule has 0 saturated heterocycles. The monoisotopic (exact) mass is 361 g/mol. The van der Waals surface area contributed by atoms with Gasteiger partial charge in [-0.2, -0.15) is 17.9 Å². The number of nitrogens with zero attached hydrogens (tertiary/aromatic N) is 4. The molecule has 3 rings (SSSR count). The molecule has 0 spiro atoms. The van der Waals surface area contributed by atoms with Crippen molar-refractivity contribution in [1.82, 2.24) is 25.5 Å². The molecule has 0 aliphatic heterocycles. The normalized spacial score (nSPS) is 12.6. The molecular formula is C17H14F3N5O. The highest BCUT2D eigenvalue weighted by molar-refractivity contribution is 5.97. The fourth-order valence-electron chi connectivity index (χ4n) is 2.48. The van der Waals surface area contributed by atoms with Gasteiger partial charge in [-0.25, -0.2) is 0 Å². The summed E-state index contributed by atoms with van der Waals surface area (Å²) in [6.45, 7) is 1.62. The van der Waals surface area contributed by atoms with Crippen molar-refractivity contribution in [3.05, 3.63) is 71.5 Å². The lowest BCUT2D eigenvalue weighted by molar-refractivity contribution is -0.137. The number of carbonyl (C=O) groups excluding carboxylic acids is 1. The molecule has 1 atom stereocenters. The number of aromatic nitrogens is 4. The van der Waals surface area contributed by atoms with Gasteiger partial charge in [0.15, 0.2) is 0 Å². The third-order valence-corrected chi connectivity index (χ3v) is 3.81. The van der Waals surface area contributed by atoms with Crippen molar-refractivity contribution < 1.29 is 18.0 Å². The third-order valence-electron chi connectivity index (χ3n) is 3.81. The quantitative estimate of drug-likeness (QED) is 0.775. The van der Waals surface area contributed by atoms with Gasteiger partial charge in [-0.1, -0.05) is 24.3 Å². The Morgan fingerprint density at radius 3 is 2.62 bits per heavy atom. The second-order valence-corrected chi connectivity index (χ2v) is 5.59. The van der Waals surface area contributed by atoms with Crippen LogP contribution < -0.4 is 5.32 Å². The van der Waals surface area contributed by atoms with E-state index in [0.29, 0.717) is 16.8 Å². The molecule has 6 nitrogen and oxygen atoms in total. The summed E-state index contributed by atoms with van der Waals surface area (Å²) in [5.41, 5.74) is 0.364. The van der Waals surface area contributed by atoms with Crippen molar-refractivity contribution in [3.8, 4) is 5.69 Å². The first-order valence-electron chi connectivity index (χ1n) is 7.66. The Morgan fingerprint density at radius 2 is 1.92 bits per heavy atom. The Hall–Kier alpha value is -3.23. The minimum absolute atomic E-state index is 0.304. The average Bonchev–Trinajstić information content (AvgIpc) is 3.15. The summed E-state index contributed by atoms with van der Waals surface area (Å²) < 4.78 is 39.9. The molecule has 26 heavy (non-hydrogen) atoms. The van der Waals surface area contributed by atoms with Crippen LogP contribution in [0.5, 0.6) is 0 Å². The minimum atomic E-state index is -4.44. The van der Waals surface area contributed by atoms with Gasteiger partial charge in [-0.05, 0) is 47.2 Å². The van der Waals surface area contributed by atoms with Crippen molar-refractivity contribution in [3.63, 3.8) is 0 Å². The topological polar surface area (TPSA) is 72.7 Å². The Bertz CT molecular complexity index is 909. The highest BCUT2D eigenvalue weighted by Crippen LogP contribution is 2.30. The molecule has 0 fully saturated rings. The highest BCUT2D eigenvalue weighted by Gasteiger charge is 2.30. The van der Waals surface area contributed by atoms with Gasteiger partial charge in [0.2, 0.25) is 0 Å². The molecule has 0 aliphatic rings. The van der Waals surface area contributed by atoms with E-state index < -0.39 is 23.7 Å². The number of hydrogen-bond acceptors (Lipinski definition) is 4. The number of tetrazole rings is 1. The van der Waals surface area contributed by atoms with Gasteiger partial charge < -0.3 is 5.32 Å². The SMILES string of the molecule is CC(NC(=O)c1ccccc1-n1cnnn1)c1cccc(C(F)(F)F)c1. The van der Waals surface area contributed by atoms with Gasteiger partial charge in [0.05, 0.1) is 22.9 Å². The Balaban J connectivity index is 1.83. The van der Waals surface area contributed by atoms with Crippen molar-refractivity contribution in [2.45, 2.75) is 19.1 Å². The molecule has 2 aromatic carbocycles. The van der Waals surface area contributed by atoms with Crippen LogP contribution in [-0.4, -0.2) is 26.1 Å². The zero-order valence-electron chi connectivity index (χ0n) is 13.6. The van der Waals surface area contributed by atoms with Gasteiger partial charge in [-0.15, -0.1) is 5.10 Å². The molecule has 0 saturated carbocycles. The van der Waals surface area contributed by atoms with Crippen molar-refractivity contribution in [2.75, 3.05) is 0 Å². The number of rotatable bonds is 4. The number of hydrogen-bond donors (Lipinski definition) is 1. The van der Waals surface area contributed by atoms with Crippen LogP contribution in [0.4, 0.5) is 13.2 Å². The fraction of sp³-hybridized carbons (Fsp3) is 0.176. The predicted octanol–water partition coefficient (Wildman–Crippen LogP) is 3.17. The zero-order valence-corrected chi connectivity index (χ0v) is 13.6. The lowest BCUT2D eigenvalue weighted by atomic mass is 10.0. The number of para-hydroxylation sites is 1. The van der Waals surface area contributed by atoms with Gasteiger partial charge in [0.25, 0.3) is 5.91 Å². The zero-order chi connectivity index (χ0) is 18.7. The second-order valence-electron chi connectivity index (χ2n) is 5.59. The van der Waals surface area contributed by atoms with Gasteiger partial charge in [0, 0.05) is 0 Å². The molecule has 0 aliphatic carbocycles. The molecule has 0 radical (unpaired) electrons. The number of nitrogens with one attached hydrogen (secondary N) is 1. The van der Waals surface area contributed by atoms with Crippen molar-refractivity contribution in [1.29, 1.82) is 0 Å². The molecule has 134 valence electrons. The third kappa shape index (κ3) is 3.71. The first-order valence-corrected chi connectivity index (χ1v) is 7.66. The summed E-state index contributed by atoms with van der Waals surface area (Å²) >= 11 is 0. The maximum atomic E-state index is 12.9. The van der Waals surface area contributed by atoms with E-state index in [-0.39, 0.29) is 0 Å². The van der Waals surface area contributed by atoms with Crippen LogP contribution in [0.25, 0.3) is 5.69 Å². The first-order chi connectivity index (χ1) is 12.4. The van der Waals surface area contributed by atoms with E-state index in [1.165, 1.54) is 23.1 Å². The molecular weight excluding hydrogens is 347 g/mol. The molecule has 0 bridgehead atoms. The van der Waals surface area contributed by atoms with Crippen LogP contribution in [0.3, 0.4) is 0 Å². The number of amides is 1. The molecule has 1 unspecified atom stereocenters. The molecule has 1 amide bonds. The maximum Gasteiger partial charge on any atom is 0.416 e. The maximum absolute atomic E-state index is 12.9. The summed E-state index contributed by atoms with van der Waals surface area (Å²) in [6.07, 6.45) is -3.09. The van der Waals surface area contributed by atoms with Gasteiger partial charge in [-0.3, -0.25) is 4.79 Å². The standard InChI is InChI=1S/C17H14F3N5O/c1-11(12-5-4-6-13(9-12)17(18,19)20)22-16(26)14-7-2-3-8-15(14)25-10-21-23-24-25/h2-11H,1H3,(H,22,26). The number of benzene rings is 2. The predicted molar refractivity (Wildman–Crippen MR) is 86.5 cm³/mol. The van der Waals surface area contributed by atoms with Crippen LogP contribution in [0.2, 0.25) is 0 Å². The van der Waals surface area contributed by atoms with Crippen LogP contribution in [0.1, 0.15) is 34.5 Å². The number of halogens is 3. The van der Waals surface area contributed by atoms with E-state index in [0.717, 1.165) is 12.1 Å². The molecule has 1 N–H and O–H groups in total. The smallest absolute Gasteiger partial charge is 0.345 e. The molecule has 1 heterocycles. The summed E-state index contributed by atoms with van der Waals surface area (Å²) in [6, 6.07) is 10.9. The summed E-state index contributed by atoms with van der Waals surface area (Å²) in [4.78, 5) is 12.6. The van der Waals surface area contributed by atoms with Crippen molar-refractivity contribution in [2.24, 2.45) is 0 Å². The van der Waals surface area contributed by atoms with Crippen molar-refractivity contribution >= 4 is 5.91 Å². The molecule has 9 heteroatoms. The van der Waals surface area contributed by atoms with Gasteiger partial charge in [0.1, 0.15) is 6.33 Å². The Morgan fingerprint density at radius 1 is 1.15 bits per heavy atom. The molecule has 3 aromatic rings. The van der Waals surface area contributed by atoms with E-state index >= 15 is 0 Å². The number of alkyl halides is 3. The Kier molecular flexibility index (Phi) is 4.70. The molecule has 1 aromatic heterocycles. The highest BCUT2D eigenvalue weighted by atomic mass is 19.4.